The fourth-order valence-corrected chi connectivity index (χ4v) is 5.40. The maximum atomic E-state index is 12.4. The predicted molar refractivity (Wildman–Crippen MR) is 111 cm³/mol. The molecule has 0 saturated carbocycles. The summed E-state index contributed by atoms with van der Waals surface area (Å²) in [6.45, 7) is 1.73. The highest BCUT2D eigenvalue weighted by Crippen LogP contribution is 2.29. The Morgan fingerprint density at radius 1 is 1.22 bits per heavy atom. The Hall–Kier alpha value is -1.94. The molecule has 0 aliphatic heterocycles. The molecule has 2 aromatic carbocycles. The van der Waals surface area contributed by atoms with Crippen LogP contribution in [-0.4, -0.2) is 43.5 Å². The number of rotatable bonds is 6. The van der Waals surface area contributed by atoms with E-state index in [4.69, 9.17) is 0 Å². The van der Waals surface area contributed by atoms with Gasteiger partial charge < -0.3 is 5.32 Å². The van der Waals surface area contributed by atoms with E-state index in [-0.39, 0.29) is 16.6 Å². The summed E-state index contributed by atoms with van der Waals surface area (Å²) >= 11 is 2.90. The molecule has 1 aromatic heterocycles. The zero-order valence-electron chi connectivity index (χ0n) is 15.1. The molecular weight excluding hydrogens is 402 g/mol. The number of carbonyl (C=O) groups excluding carboxylic acids is 1. The molecule has 3 rings (SSSR count). The SMILES string of the molecule is Cc1ccc(NC(=O)CSc2nc3ccccc3s2)cc1S(=O)(=O)N(C)C. The Morgan fingerprint density at radius 3 is 2.67 bits per heavy atom. The first kappa shape index (κ1) is 19.8. The van der Waals surface area contributed by atoms with Crippen molar-refractivity contribution in [1.29, 1.82) is 0 Å². The highest BCUT2D eigenvalue weighted by atomic mass is 32.2. The monoisotopic (exact) mass is 421 g/mol. The molecule has 0 atom stereocenters. The van der Waals surface area contributed by atoms with E-state index in [0.29, 0.717) is 11.3 Å². The van der Waals surface area contributed by atoms with E-state index in [0.717, 1.165) is 18.9 Å². The van der Waals surface area contributed by atoms with Crippen molar-refractivity contribution in [2.24, 2.45) is 0 Å². The van der Waals surface area contributed by atoms with Crippen molar-refractivity contribution in [2.75, 3.05) is 25.2 Å². The van der Waals surface area contributed by atoms with Gasteiger partial charge in [0, 0.05) is 19.8 Å². The number of para-hydroxylation sites is 1. The third kappa shape index (κ3) is 4.49. The van der Waals surface area contributed by atoms with Crippen LogP contribution in [0.15, 0.2) is 51.7 Å². The number of nitrogens with zero attached hydrogens (tertiary/aromatic N) is 2. The molecule has 0 unspecified atom stereocenters. The lowest BCUT2D eigenvalue weighted by Gasteiger charge is -2.15. The first-order valence-corrected chi connectivity index (χ1v) is 11.3. The van der Waals surface area contributed by atoms with Crippen molar-refractivity contribution in [2.45, 2.75) is 16.2 Å². The number of aryl methyl sites for hydroxylation is 1. The third-order valence-corrected chi connectivity index (χ3v) is 7.97. The van der Waals surface area contributed by atoms with Gasteiger partial charge in [-0.2, -0.15) is 0 Å². The Labute approximate surface area is 166 Å². The van der Waals surface area contributed by atoms with Crippen LogP contribution in [0.25, 0.3) is 10.2 Å². The highest BCUT2D eigenvalue weighted by molar-refractivity contribution is 8.01. The summed E-state index contributed by atoms with van der Waals surface area (Å²) in [5.41, 5.74) is 2.00. The summed E-state index contributed by atoms with van der Waals surface area (Å²) in [7, 11) is -0.606. The Bertz CT molecular complexity index is 1060. The summed E-state index contributed by atoms with van der Waals surface area (Å²) < 4.78 is 27.8. The average molecular weight is 422 g/mol. The standard InChI is InChI=1S/C18H19N3O3S3/c1-12-8-9-13(10-16(12)27(23,24)21(2)3)19-17(22)11-25-18-20-14-6-4-5-7-15(14)26-18/h4-10H,11H2,1-3H3,(H,19,22). The van der Waals surface area contributed by atoms with Crippen molar-refractivity contribution in [3.8, 4) is 0 Å². The number of aromatic nitrogens is 1. The highest BCUT2D eigenvalue weighted by Gasteiger charge is 2.20. The van der Waals surface area contributed by atoms with Crippen molar-refractivity contribution in [3.05, 3.63) is 48.0 Å². The van der Waals surface area contributed by atoms with E-state index in [1.807, 2.05) is 24.3 Å². The van der Waals surface area contributed by atoms with Crippen molar-refractivity contribution >= 4 is 54.9 Å². The lowest BCUT2D eigenvalue weighted by Crippen LogP contribution is -2.23. The molecule has 0 fully saturated rings. The van der Waals surface area contributed by atoms with Crippen molar-refractivity contribution < 1.29 is 13.2 Å². The van der Waals surface area contributed by atoms with Gasteiger partial charge in [0.15, 0.2) is 4.34 Å². The number of thiazole rings is 1. The topological polar surface area (TPSA) is 79.4 Å². The molecule has 0 radical (unpaired) electrons. The number of carbonyl (C=O) groups is 1. The van der Waals surface area contributed by atoms with Gasteiger partial charge in [-0.05, 0) is 36.8 Å². The maximum Gasteiger partial charge on any atom is 0.242 e. The molecule has 9 heteroatoms. The molecule has 0 spiro atoms. The van der Waals surface area contributed by atoms with Gasteiger partial charge in [-0.25, -0.2) is 17.7 Å². The minimum Gasteiger partial charge on any atom is -0.325 e. The van der Waals surface area contributed by atoms with E-state index in [1.165, 1.54) is 31.9 Å². The second-order valence-electron chi connectivity index (χ2n) is 6.05. The van der Waals surface area contributed by atoms with Crippen LogP contribution in [0.3, 0.4) is 0 Å². The van der Waals surface area contributed by atoms with Crippen LogP contribution in [0.4, 0.5) is 5.69 Å². The minimum atomic E-state index is -3.57. The smallest absolute Gasteiger partial charge is 0.242 e. The number of sulfonamides is 1. The van der Waals surface area contributed by atoms with Gasteiger partial charge in [0.05, 0.1) is 20.9 Å². The van der Waals surface area contributed by atoms with Gasteiger partial charge in [-0.15, -0.1) is 11.3 Å². The Morgan fingerprint density at radius 2 is 1.96 bits per heavy atom. The Kier molecular flexibility index (Phi) is 5.85. The summed E-state index contributed by atoms with van der Waals surface area (Å²) in [6.07, 6.45) is 0. The molecule has 0 aliphatic carbocycles. The molecule has 3 aromatic rings. The normalized spacial score (nSPS) is 11.9. The van der Waals surface area contributed by atoms with Gasteiger partial charge >= 0.3 is 0 Å². The van der Waals surface area contributed by atoms with Gasteiger partial charge in [0.25, 0.3) is 0 Å². The van der Waals surface area contributed by atoms with Crippen LogP contribution in [0.5, 0.6) is 0 Å². The molecule has 1 heterocycles. The van der Waals surface area contributed by atoms with Gasteiger partial charge in [-0.3, -0.25) is 4.79 Å². The number of amides is 1. The summed E-state index contributed by atoms with van der Waals surface area (Å²) in [4.78, 5) is 16.9. The molecule has 0 saturated heterocycles. The van der Waals surface area contributed by atoms with Crippen molar-refractivity contribution in [1.82, 2.24) is 9.29 Å². The fourth-order valence-electron chi connectivity index (χ4n) is 2.39. The quantitative estimate of drug-likeness (QED) is 0.616. The van der Waals surface area contributed by atoms with Gasteiger partial charge in [-0.1, -0.05) is 30.0 Å². The van der Waals surface area contributed by atoms with Crippen LogP contribution in [-0.2, 0) is 14.8 Å². The van der Waals surface area contributed by atoms with Crippen LogP contribution < -0.4 is 5.32 Å². The maximum absolute atomic E-state index is 12.4. The summed E-state index contributed by atoms with van der Waals surface area (Å²) in [5, 5.41) is 2.76. The number of thioether (sulfide) groups is 1. The lowest BCUT2D eigenvalue weighted by atomic mass is 10.2. The Balaban J connectivity index is 1.69. The summed E-state index contributed by atoms with van der Waals surface area (Å²) in [6, 6.07) is 12.7. The van der Waals surface area contributed by atoms with E-state index >= 15 is 0 Å². The summed E-state index contributed by atoms with van der Waals surface area (Å²) in [5.74, 6) is -0.0139. The second-order valence-corrected chi connectivity index (χ2v) is 10.4. The van der Waals surface area contributed by atoms with Gasteiger partial charge in [0.1, 0.15) is 0 Å². The molecular formula is C18H19N3O3S3. The second kappa shape index (κ2) is 7.97. The minimum absolute atomic E-state index is 0.184. The molecule has 1 amide bonds. The largest absolute Gasteiger partial charge is 0.325 e. The number of hydrogen-bond donors (Lipinski definition) is 1. The average Bonchev–Trinajstić information content (AvgIpc) is 3.04. The van der Waals surface area contributed by atoms with Crippen LogP contribution in [0.1, 0.15) is 5.56 Å². The van der Waals surface area contributed by atoms with E-state index in [2.05, 4.69) is 10.3 Å². The number of hydrogen-bond acceptors (Lipinski definition) is 6. The molecule has 6 nitrogen and oxygen atoms in total. The van der Waals surface area contributed by atoms with E-state index in [9.17, 15) is 13.2 Å². The fraction of sp³-hybridized carbons (Fsp3) is 0.222. The number of nitrogens with one attached hydrogen (secondary N) is 1. The van der Waals surface area contributed by atoms with E-state index in [1.54, 1.807) is 30.4 Å². The molecule has 0 aliphatic rings. The zero-order valence-corrected chi connectivity index (χ0v) is 17.5. The predicted octanol–water partition coefficient (Wildman–Crippen LogP) is 3.59. The number of benzene rings is 2. The van der Waals surface area contributed by atoms with Crippen LogP contribution >= 0.6 is 23.1 Å². The molecule has 27 heavy (non-hydrogen) atoms. The molecule has 1 N–H and O–H groups in total. The molecule has 0 bridgehead atoms. The van der Waals surface area contributed by atoms with E-state index < -0.39 is 10.0 Å². The van der Waals surface area contributed by atoms with Gasteiger partial charge in [0.2, 0.25) is 15.9 Å². The van der Waals surface area contributed by atoms with Crippen LogP contribution in [0.2, 0.25) is 0 Å². The zero-order chi connectivity index (χ0) is 19.6. The van der Waals surface area contributed by atoms with Crippen molar-refractivity contribution in [3.63, 3.8) is 0 Å². The first-order chi connectivity index (χ1) is 12.8. The first-order valence-electron chi connectivity index (χ1n) is 8.09. The number of fused-ring (bicyclic) bond motifs is 1. The third-order valence-electron chi connectivity index (χ3n) is 3.83. The lowest BCUT2D eigenvalue weighted by molar-refractivity contribution is -0.113. The number of anilines is 1. The molecule has 142 valence electrons. The van der Waals surface area contributed by atoms with Crippen LogP contribution in [0, 0.1) is 6.92 Å².